The molecule has 1 unspecified atom stereocenters. The summed E-state index contributed by atoms with van der Waals surface area (Å²) in [5.74, 6) is 0. The Bertz CT molecular complexity index is 965. The van der Waals surface area contributed by atoms with E-state index in [4.69, 9.17) is 4.74 Å². The molecule has 4 atom stereocenters. The molecular formula is C20H32N4O6. The molecule has 2 aromatic heterocycles. The lowest BCUT2D eigenvalue weighted by molar-refractivity contribution is -0.0513. The SMILES string of the molecule is CCCCCn1c(=O)c2ncn(C3O[C@H](CO)[C@@H](O)[C@H]3O)c2n(CCCCC)c1=O. The van der Waals surface area contributed by atoms with Crippen LogP contribution in [-0.4, -0.2) is 58.9 Å². The molecule has 3 heterocycles. The van der Waals surface area contributed by atoms with Gasteiger partial charge in [0.05, 0.1) is 12.9 Å². The number of fused-ring (bicyclic) bond motifs is 1. The fourth-order valence-corrected chi connectivity index (χ4v) is 3.96. The fraction of sp³-hybridized carbons (Fsp3) is 0.750. The lowest BCUT2D eigenvalue weighted by atomic mass is 10.1. The van der Waals surface area contributed by atoms with Crippen LogP contribution >= 0.6 is 0 Å². The predicted octanol–water partition coefficient (Wildman–Crippen LogP) is 0.352. The smallest absolute Gasteiger partial charge is 0.332 e. The number of ether oxygens (including phenoxy) is 1. The van der Waals surface area contributed by atoms with E-state index in [2.05, 4.69) is 18.8 Å². The Morgan fingerprint density at radius 2 is 1.63 bits per heavy atom. The summed E-state index contributed by atoms with van der Waals surface area (Å²) in [5, 5.41) is 29.9. The van der Waals surface area contributed by atoms with Gasteiger partial charge in [-0.3, -0.25) is 18.5 Å². The maximum absolute atomic E-state index is 13.2. The number of hydrogen-bond acceptors (Lipinski definition) is 7. The lowest BCUT2D eigenvalue weighted by Crippen LogP contribution is -2.41. The Kier molecular flexibility index (Phi) is 7.45. The molecule has 30 heavy (non-hydrogen) atoms. The number of nitrogens with zero attached hydrogens (tertiary/aromatic N) is 4. The Balaban J connectivity index is 2.12. The van der Waals surface area contributed by atoms with Crippen molar-refractivity contribution in [1.29, 1.82) is 0 Å². The zero-order valence-electron chi connectivity index (χ0n) is 17.6. The molecule has 1 aliphatic rings. The summed E-state index contributed by atoms with van der Waals surface area (Å²) in [6, 6.07) is 0. The van der Waals surface area contributed by atoms with E-state index < -0.39 is 42.4 Å². The molecule has 0 saturated carbocycles. The number of aromatic nitrogens is 4. The first-order valence-electron chi connectivity index (χ1n) is 10.8. The number of unbranched alkanes of at least 4 members (excludes halogenated alkanes) is 4. The van der Waals surface area contributed by atoms with Crippen molar-refractivity contribution in [3.63, 3.8) is 0 Å². The van der Waals surface area contributed by atoms with Crippen molar-refractivity contribution in [2.24, 2.45) is 0 Å². The predicted molar refractivity (Wildman–Crippen MR) is 110 cm³/mol. The first kappa shape index (κ1) is 22.7. The van der Waals surface area contributed by atoms with Crippen LogP contribution in [0.5, 0.6) is 0 Å². The minimum Gasteiger partial charge on any atom is -0.394 e. The summed E-state index contributed by atoms with van der Waals surface area (Å²) in [6.45, 7) is 4.38. The molecule has 0 aromatic carbocycles. The van der Waals surface area contributed by atoms with Gasteiger partial charge in [0.15, 0.2) is 17.4 Å². The van der Waals surface area contributed by atoms with E-state index in [0.717, 1.165) is 38.5 Å². The topological polar surface area (TPSA) is 132 Å². The van der Waals surface area contributed by atoms with Crippen LogP contribution in [-0.2, 0) is 17.8 Å². The number of aryl methyl sites for hydroxylation is 1. The van der Waals surface area contributed by atoms with Gasteiger partial charge < -0.3 is 20.1 Å². The summed E-state index contributed by atoms with van der Waals surface area (Å²) in [4.78, 5) is 30.4. The minimum absolute atomic E-state index is 0.125. The number of rotatable bonds is 10. The highest BCUT2D eigenvalue weighted by Gasteiger charge is 2.44. The average molecular weight is 424 g/mol. The third kappa shape index (κ3) is 4.09. The summed E-state index contributed by atoms with van der Waals surface area (Å²) in [7, 11) is 0. The third-order valence-corrected chi connectivity index (χ3v) is 5.69. The van der Waals surface area contributed by atoms with Gasteiger partial charge in [-0.1, -0.05) is 39.5 Å². The monoisotopic (exact) mass is 424 g/mol. The van der Waals surface area contributed by atoms with Crippen molar-refractivity contribution in [2.45, 2.75) is 90.0 Å². The minimum atomic E-state index is -1.33. The van der Waals surface area contributed by atoms with Crippen LogP contribution in [0.1, 0.15) is 58.6 Å². The molecule has 0 radical (unpaired) electrons. The molecule has 2 aromatic rings. The van der Waals surface area contributed by atoms with E-state index in [1.165, 1.54) is 20.0 Å². The standard InChI is InChI=1S/C20H32N4O6/c1-3-5-7-9-22-17-14(18(28)23(20(22)29)10-8-6-4-2)21-12-24(17)19-16(27)15(26)13(11-25)30-19/h12-13,15-16,19,25-27H,3-11H2,1-2H3/t13-,15-,16-,19?/m1/s1. The highest BCUT2D eigenvalue weighted by atomic mass is 16.6. The molecule has 10 nitrogen and oxygen atoms in total. The zero-order chi connectivity index (χ0) is 21.8. The Labute approximate surface area is 174 Å². The summed E-state index contributed by atoms with van der Waals surface area (Å²) < 4.78 is 9.78. The number of imidazole rings is 1. The molecule has 1 fully saturated rings. The van der Waals surface area contributed by atoms with E-state index in [0.29, 0.717) is 13.1 Å². The van der Waals surface area contributed by atoms with E-state index >= 15 is 0 Å². The number of aliphatic hydroxyl groups excluding tert-OH is 3. The molecule has 1 aliphatic heterocycles. The van der Waals surface area contributed by atoms with Gasteiger partial charge in [0.25, 0.3) is 5.56 Å². The molecule has 0 spiro atoms. The quantitative estimate of drug-likeness (QED) is 0.469. The Hall–Kier alpha value is -2.01. The van der Waals surface area contributed by atoms with Gasteiger partial charge in [-0.25, -0.2) is 9.78 Å². The maximum Gasteiger partial charge on any atom is 0.332 e. The van der Waals surface area contributed by atoms with E-state index in [9.17, 15) is 24.9 Å². The van der Waals surface area contributed by atoms with Crippen LogP contribution in [0.4, 0.5) is 0 Å². The van der Waals surface area contributed by atoms with E-state index in [1.54, 1.807) is 0 Å². The molecule has 0 aliphatic carbocycles. The molecule has 0 bridgehead atoms. The maximum atomic E-state index is 13.2. The van der Waals surface area contributed by atoms with Crippen LogP contribution in [0.3, 0.4) is 0 Å². The van der Waals surface area contributed by atoms with E-state index in [1.807, 2.05) is 0 Å². The first-order valence-corrected chi connectivity index (χ1v) is 10.8. The summed E-state index contributed by atoms with van der Waals surface area (Å²) >= 11 is 0. The molecule has 10 heteroatoms. The van der Waals surface area contributed by atoms with Gasteiger partial charge >= 0.3 is 5.69 Å². The molecular weight excluding hydrogens is 392 g/mol. The third-order valence-electron chi connectivity index (χ3n) is 5.69. The van der Waals surface area contributed by atoms with Crippen LogP contribution in [0.25, 0.3) is 11.2 Å². The van der Waals surface area contributed by atoms with Gasteiger partial charge in [0.1, 0.15) is 18.3 Å². The van der Waals surface area contributed by atoms with Crippen LogP contribution in [0.2, 0.25) is 0 Å². The van der Waals surface area contributed by atoms with Gasteiger partial charge in [-0.15, -0.1) is 0 Å². The van der Waals surface area contributed by atoms with Gasteiger partial charge in [0.2, 0.25) is 0 Å². The number of aliphatic hydroxyl groups is 3. The van der Waals surface area contributed by atoms with Gasteiger partial charge in [0, 0.05) is 13.1 Å². The van der Waals surface area contributed by atoms with Crippen LogP contribution in [0.15, 0.2) is 15.9 Å². The van der Waals surface area contributed by atoms with E-state index in [-0.39, 0.29) is 11.2 Å². The highest BCUT2D eigenvalue weighted by molar-refractivity contribution is 5.70. The van der Waals surface area contributed by atoms with Crippen molar-refractivity contribution in [3.8, 4) is 0 Å². The van der Waals surface area contributed by atoms with Crippen molar-refractivity contribution in [3.05, 3.63) is 27.2 Å². The molecule has 3 N–H and O–H groups in total. The second-order valence-electron chi connectivity index (χ2n) is 7.86. The van der Waals surface area contributed by atoms with Crippen molar-refractivity contribution in [2.75, 3.05) is 6.61 Å². The summed E-state index contributed by atoms with van der Waals surface area (Å²) in [5.41, 5.74) is -0.487. The summed E-state index contributed by atoms with van der Waals surface area (Å²) in [6.07, 6.45) is 1.97. The lowest BCUT2D eigenvalue weighted by Gasteiger charge is -2.19. The molecule has 0 amide bonds. The molecule has 1 saturated heterocycles. The first-order chi connectivity index (χ1) is 14.5. The van der Waals surface area contributed by atoms with Crippen LogP contribution < -0.4 is 11.2 Å². The Morgan fingerprint density at radius 3 is 2.20 bits per heavy atom. The average Bonchev–Trinajstić information content (AvgIpc) is 3.29. The normalized spacial score (nSPS) is 24.2. The van der Waals surface area contributed by atoms with Gasteiger partial charge in [-0.05, 0) is 12.8 Å². The highest BCUT2D eigenvalue weighted by Crippen LogP contribution is 2.31. The van der Waals surface area contributed by atoms with Crippen molar-refractivity contribution in [1.82, 2.24) is 18.7 Å². The number of hydrogen-bond donors (Lipinski definition) is 3. The second-order valence-corrected chi connectivity index (χ2v) is 7.86. The molecule has 3 rings (SSSR count). The largest absolute Gasteiger partial charge is 0.394 e. The van der Waals surface area contributed by atoms with Crippen molar-refractivity contribution >= 4 is 11.2 Å². The van der Waals surface area contributed by atoms with Crippen LogP contribution in [0, 0.1) is 0 Å². The molecule has 168 valence electrons. The van der Waals surface area contributed by atoms with Gasteiger partial charge in [-0.2, -0.15) is 0 Å². The second kappa shape index (κ2) is 9.86. The zero-order valence-corrected chi connectivity index (χ0v) is 17.6. The van der Waals surface area contributed by atoms with Crippen molar-refractivity contribution < 1.29 is 20.1 Å². The fourth-order valence-electron chi connectivity index (χ4n) is 3.96. The Morgan fingerprint density at radius 1 is 1.00 bits per heavy atom.